The first-order valence-corrected chi connectivity index (χ1v) is 6.13. The van der Waals surface area contributed by atoms with Gasteiger partial charge in [-0.05, 0) is 43.2 Å². The lowest BCUT2D eigenvalue weighted by Crippen LogP contribution is -1.94. The average Bonchev–Trinajstić information content (AvgIpc) is 2.76. The summed E-state index contributed by atoms with van der Waals surface area (Å²) in [4.78, 5) is 4.39. The molecule has 0 amide bonds. The number of nitrogens with zero attached hydrogens (tertiary/aromatic N) is 1. The van der Waals surface area contributed by atoms with Gasteiger partial charge in [0.2, 0.25) is 0 Å². The second-order valence-electron chi connectivity index (χ2n) is 4.62. The summed E-state index contributed by atoms with van der Waals surface area (Å²) in [5.74, 6) is 0. The zero-order valence-corrected chi connectivity index (χ0v) is 10.9. The molecule has 0 aliphatic rings. The highest BCUT2D eigenvalue weighted by Crippen LogP contribution is 2.26. The second kappa shape index (κ2) is 4.31. The van der Waals surface area contributed by atoms with Crippen LogP contribution in [0.5, 0.6) is 0 Å². The highest BCUT2D eigenvalue weighted by Gasteiger charge is 2.08. The predicted molar refractivity (Wildman–Crippen MR) is 77.6 cm³/mol. The number of hydrogen-bond donors (Lipinski definition) is 2. The molecule has 1 aromatic heterocycles. The Morgan fingerprint density at radius 3 is 2.84 bits per heavy atom. The number of benzene rings is 2. The van der Waals surface area contributed by atoms with Crippen LogP contribution in [0, 0.1) is 13.8 Å². The minimum atomic E-state index is 0.481. The molecule has 0 spiro atoms. The van der Waals surface area contributed by atoms with Crippen molar-refractivity contribution in [3.63, 3.8) is 0 Å². The number of aromatic nitrogens is 1. The van der Waals surface area contributed by atoms with E-state index >= 15 is 0 Å². The number of nitrogens with one attached hydrogen (secondary N) is 1. The maximum atomic E-state index is 5.72. The molecule has 4 nitrogen and oxygen atoms in total. The number of hydrogen-bond acceptors (Lipinski definition) is 4. The Morgan fingerprint density at radius 2 is 2.00 bits per heavy atom. The Bertz CT molecular complexity index is 746. The molecule has 0 radical (unpaired) electrons. The average molecular weight is 253 g/mol. The second-order valence-corrected chi connectivity index (χ2v) is 4.62. The smallest absolute Gasteiger partial charge is 0.300 e. The number of oxazole rings is 1. The summed E-state index contributed by atoms with van der Waals surface area (Å²) in [6.45, 7) is 4.14. The summed E-state index contributed by atoms with van der Waals surface area (Å²) in [5, 5.41) is 3.20. The summed E-state index contributed by atoms with van der Waals surface area (Å²) >= 11 is 0. The molecule has 0 aliphatic carbocycles. The van der Waals surface area contributed by atoms with Crippen LogP contribution in [-0.4, -0.2) is 4.98 Å². The van der Waals surface area contributed by atoms with Crippen molar-refractivity contribution in [2.24, 2.45) is 0 Å². The van der Waals surface area contributed by atoms with Crippen LogP contribution in [0.15, 0.2) is 40.8 Å². The molecule has 0 atom stereocenters. The van der Waals surface area contributed by atoms with Gasteiger partial charge in [0.05, 0.1) is 0 Å². The van der Waals surface area contributed by atoms with Crippen molar-refractivity contribution >= 4 is 28.5 Å². The summed E-state index contributed by atoms with van der Waals surface area (Å²) < 4.78 is 5.65. The molecule has 3 N–H and O–H groups in total. The molecular weight excluding hydrogens is 238 g/mol. The van der Waals surface area contributed by atoms with Gasteiger partial charge >= 0.3 is 0 Å². The maximum absolute atomic E-state index is 5.72. The first-order chi connectivity index (χ1) is 9.13. The maximum Gasteiger partial charge on any atom is 0.300 e. The van der Waals surface area contributed by atoms with E-state index in [2.05, 4.69) is 30.2 Å². The number of rotatable bonds is 2. The fourth-order valence-corrected chi connectivity index (χ4v) is 2.00. The fourth-order valence-electron chi connectivity index (χ4n) is 2.00. The van der Waals surface area contributed by atoms with Crippen LogP contribution < -0.4 is 11.1 Å². The molecule has 0 unspecified atom stereocenters. The summed E-state index contributed by atoms with van der Waals surface area (Å²) in [5.41, 5.74) is 11.3. The molecule has 96 valence electrons. The van der Waals surface area contributed by atoms with E-state index in [1.54, 1.807) is 6.07 Å². The molecule has 0 saturated carbocycles. The van der Waals surface area contributed by atoms with Crippen molar-refractivity contribution in [2.75, 3.05) is 11.1 Å². The molecule has 0 bridgehead atoms. The monoisotopic (exact) mass is 253 g/mol. The first kappa shape index (κ1) is 11.6. The molecule has 3 rings (SSSR count). The van der Waals surface area contributed by atoms with E-state index in [1.165, 1.54) is 11.1 Å². The summed E-state index contributed by atoms with van der Waals surface area (Å²) in [6.07, 6.45) is 0. The van der Waals surface area contributed by atoms with Gasteiger partial charge in [-0.2, -0.15) is 4.98 Å². The Hall–Kier alpha value is -2.49. The Kier molecular flexibility index (Phi) is 2.63. The molecule has 19 heavy (non-hydrogen) atoms. The highest BCUT2D eigenvalue weighted by molar-refractivity contribution is 5.78. The van der Waals surface area contributed by atoms with Crippen molar-refractivity contribution in [1.82, 2.24) is 4.98 Å². The van der Waals surface area contributed by atoms with Crippen LogP contribution >= 0.6 is 0 Å². The van der Waals surface area contributed by atoms with Gasteiger partial charge in [0.1, 0.15) is 5.52 Å². The molecular formula is C15H15N3O. The number of aryl methyl sites for hydroxylation is 1. The number of nitrogen functional groups attached to an aromatic ring is 1. The lowest BCUT2D eigenvalue weighted by molar-refractivity contribution is 0.623. The Labute approximate surface area is 111 Å². The summed E-state index contributed by atoms with van der Waals surface area (Å²) in [7, 11) is 0. The van der Waals surface area contributed by atoms with Gasteiger partial charge in [-0.25, -0.2) is 0 Å². The number of nitrogens with two attached hydrogens (primary N) is 1. The largest absolute Gasteiger partial charge is 0.423 e. The molecule has 0 saturated heterocycles. The Morgan fingerprint density at radius 1 is 1.16 bits per heavy atom. The standard InChI is InChI=1S/C15H15N3O/c1-9-4-3-5-12(10(9)2)17-15-18-13-7-6-11(16)8-14(13)19-15/h3-8H,16H2,1-2H3,(H,17,18). The van der Waals surface area contributed by atoms with E-state index in [0.29, 0.717) is 17.3 Å². The fraction of sp³-hybridized carbons (Fsp3) is 0.133. The molecule has 0 fully saturated rings. The normalized spacial score (nSPS) is 10.8. The van der Waals surface area contributed by atoms with Gasteiger partial charge < -0.3 is 15.5 Å². The molecule has 1 heterocycles. The van der Waals surface area contributed by atoms with E-state index in [0.717, 1.165) is 11.2 Å². The van der Waals surface area contributed by atoms with E-state index in [4.69, 9.17) is 10.2 Å². The van der Waals surface area contributed by atoms with Gasteiger partial charge in [0, 0.05) is 17.4 Å². The topological polar surface area (TPSA) is 64.1 Å². The van der Waals surface area contributed by atoms with Gasteiger partial charge in [-0.15, -0.1) is 0 Å². The van der Waals surface area contributed by atoms with Crippen molar-refractivity contribution in [3.8, 4) is 0 Å². The van der Waals surface area contributed by atoms with Crippen LogP contribution in [0.4, 0.5) is 17.4 Å². The van der Waals surface area contributed by atoms with Crippen LogP contribution in [0.2, 0.25) is 0 Å². The molecule has 3 aromatic rings. The van der Waals surface area contributed by atoms with Crippen molar-refractivity contribution in [3.05, 3.63) is 47.5 Å². The zero-order valence-electron chi connectivity index (χ0n) is 10.9. The van der Waals surface area contributed by atoms with Gasteiger partial charge in [0.15, 0.2) is 5.58 Å². The van der Waals surface area contributed by atoms with E-state index in [1.807, 2.05) is 24.3 Å². The number of anilines is 3. The highest BCUT2D eigenvalue weighted by atomic mass is 16.4. The van der Waals surface area contributed by atoms with Crippen LogP contribution in [0.3, 0.4) is 0 Å². The van der Waals surface area contributed by atoms with Gasteiger partial charge in [-0.3, -0.25) is 0 Å². The Balaban J connectivity index is 1.99. The minimum Gasteiger partial charge on any atom is -0.423 e. The molecule has 0 aliphatic heterocycles. The third-order valence-electron chi connectivity index (χ3n) is 3.26. The lowest BCUT2D eigenvalue weighted by atomic mass is 10.1. The van der Waals surface area contributed by atoms with Crippen molar-refractivity contribution in [2.45, 2.75) is 13.8 Å². The zero-order chi connectivity index (χ0) is 13.4. The lowest BCUT2D eigenvalue weighted by Gasteiger charge is -2.07. The van der Waals surface area contributed by atoms with E-state index in [-0.39, 0.29) is 0 Å². The third kappa shape index (κ3) is 2.12. The third-order valence-corrected chi connectivity index (χ3v) is 3.26. The first-order valence-electron chi connectivity index (χ1n) is 6.13. The van der Waals surface area contributed by atoms with E-state index < -0.39 is 0 Å². The van der Waals surface area contributed by atoms with Crippen LogP contribution in [-0.2, 0) is 0 Å². The predicted octanol–water partition coefficient (Wildman–Crippen LogP) is 3.77. The van der Waals surface area contributed by atoms with Gasteiger partial charge in [-0.1, -0.05) is 12.1 Å². The minimum absolute atomic E-state index is 0.481. The SMILES string of the molecule is Cc1cccc(Nc2nc3ccc(N)cc3o2)c1C. The summed E-state index contributed by atoms with van der Waals surface area (Å²) in [6, 6.07) is 12.0. The van der Waals surface area contributed by atoms with E-state index in [9.17, 15) is 0 Å². The van der Waals surface area contributed by atoms with Gasteiger partial charge in [0.25, 0.3) is 6.01 Å². The van der Waals surface area contributed by atoms with Crippen LogP contribution in [0.1, 0.15) is 11.1 Å². The molecule has 4 heteroatoms. The quantitative estimate of drug-likeness (QED) is 0.682. The van der Waals surface area contributed by atoms with Crippen molar-refractivity contribution < 1.29 is 4.42 Å². The van der Waals surface area contributed by atoms with Crippen LogP contribution in [0.25, 0.3) is 11.1 Å². The molecule has 2 aromatic carbocycles. The number of fused-ring (bicyclic) bond motifs is 1. The van der Waals surface area contributed by atoms with Crippen molar-refractivity contribution in [1.29, 1.82) is 0 Å².